The number of hydrogen-bond donors (Lipinski definition) is 2. The fourth-order valence-electron chi connectivity index (χ4n) is 2.13. The molecule has 1 heterocycles. The van der Waals surface area contributed by atoms with E-state index in [1.165, 1.54) is 11.6 Å². The zero-order chi connectivity index (χ0) is 13.8. The van der Waals surface area contributed by atoms with Gasteiger partial charge in [0.15, 0.2) is 0 Å². The number of ether oxygens (including phenoxy) is 1. The van der Waals surface area contributed by atoms with Gasteiger partial charge in [-0.15, -0.1) is 0 Å². The molecule has 4 nitrogen and oxygen atoms in total. The van der Waals surface area contributed by atoms with Gasteiger partial charge in [0.2, 0.25) is 0 Å². The molecule has 0 fully saturated rings. The molecule has 102 valence electrons. The predicted octanol–water partition coefficient (Wildman–Crippen LogP) is 2.50. The molecule has 0 aromatic heterocycles. The number of carbonyl (C=O) groups is 1. The minimum Gasteiger partial charge on any atom is -0.493 e. The summed E-state index contributed by atoms with van der Waals surface area (Å²) >= 11 is 3.50. The maximum atomic E-state index is 10.5. The van der Waals surface area contributed by atoms with E-state index in [1.807, 2.05) is 6.07 Å². The van der Waals surface area contributed by atoms with Gasteiger partial charge in [0.1, 0.15) is 5.75 Å². The number of halogens is 1. The highest BCUT2D eigenvalue weighted by atomic mass is 79.9. The molecule has 1 aliphatic heterocycles. The van der Waals surface area contributed by atoms with Crippen LogP contribution >= 0.6 is 15.9 Å². The molecule has 0 aliphatic carbocycles. The fraction of sp³-hybridized carbons (Fsp3) is 0.357. The Morgan fingerprint density at radius 3 is 3.11 bits per heavy atom. The van der Waals surface area contributed by atoms with Crippen LogP contribution in [0.1, 0.15) is 18.1 Å². The molecule has 2 rings (SSSR count). The van der Waals surface area contributed by atoms with Gasteiger partial charge in [-0.2, -0.15) is 0 Å². The van der Waals surface area contributed by atoms with E-state index in [4.69, 9.17) is 9.84 Å². The number of nitrogens with one attached hydrogen (secondary N) is 1. The summed E-state index contributed by atoms with van der Waals surface area (Å²) in [5.41, 5.74) is 3.12. The van der Waals surface area contributed by atoms with E-state index >= 15 is 0 Å². The first-order chi connectivity index (χ1) is 9.06. The normalized spacial score (nSPS) is 14.1. The van der Waals surface area contributed by atoms with E-state index in [9.17, 15) is 4.79 Å². The zero-order valence-corrected chi connectivity index (χ0v) is 12.3. The number of aliphatic carboxylic acids is 1. The topological polar surface area (TPSA) is 58.6 Å². The van der Waals surface area contributed by atoms with E-state index in [0.29, 0.717) is 13.1 Å². The largest absolute Gasteiger partial charge is 0.493 e. The minimum atomic E-state index is -0.911. The van der Waals surface area contributed by atoms with Crippen molar-refractivity contribution in [2.24, 2.45) is 0 Å². The Bertz CT molecular complexity index is 526. The highest BCUT2D eigenvalue weighted by Gasteiger charge is 2.16. The summed E-state index contributed by atoms with van der Waals surface area (Å²) in [6.07, 6.45) is 2.16. The summed E-state index contributed by atoms with van der Waals surface area (Å²) in [4.78, 5) is 10.5. The molecule has 0 spiro atoms. The number of carboxylic acid groups (broad SMARTS) is 1. The second-order valence-electron chi connectivity index (χ2n) is 4.58. The lowest BCUT2D eigenvalue weighted by molar-refractivity contribution is -0.131. The maximum absolute atomic E-state index is 10.5. The molecule has 0 saturated heterocycles. The molecule has 0 bridgehead atoms. The molecule has 0 amide bonds. The summed E-state index contributed by atoms with van der Waals surface area (Å²) < 4.78 is 6.68. The Hall–Kier alpha value is -1.33. The van der Waals surface area contributed by atoms with Gasteiger partial charge in [-0.05, 0) is 24.6 Å². The molecule has 19 heavy (non-hydrogen) atoms. The smallest absolute Gasteiger partial charge is 0.328 e. The number of carboxylic acids is 1. The van der Waals surface area contributed by atoms with Crippen LogP contribution < -0.4 is 10.1 Å². The molecular weight excluding hydrogens is 310 g/mol. The highest BCUT2D eigenvalue weighted by Crippen LogP contribution is 2.32. The lowest BCUT2D eigenvalue weighted by atomic mass is 10.1. The highest BCUT2D eigenvalue weighted by molar-refractivity contribution is 9.10. The van der Waals surface area contributed by atoms with Gasteiger partial charge in [0, 0.05) is 35.6 Å². The SMILES string of the molecule is C/C(=C/C(=O)O)CNCc1cc(Br)cc2c1OCC2. The molecule has 1 aromatic carbocycles. The number of fused-ring (bicyclic) bond motifs is 1. The van der Waals surface area contributed by atoms with E-state index in [1.54, 1.807) is 6.92 Å². The van der Waals surface area contributed by atoms with Gasteiger partial charge >= 0.3 is 5.97 Å². The van der Waals surface area contributed by atoms with Gasteiger partial charge < -0.3 is 15.2 Å². The average molecular weight is 326 g/mol. The van der Waals surface area contributed by atoms with Gasteiger partial charge in [-0.25, -0.2) is 4.79 Å². The van der Waals surface area contributed by atoms with Gasteiger partial charge in [0.05, 0.1) is 6.61 Å². The van der Waals surface area contributed by atoms with Crippen LogP contribution in [0.25, 0.3) is 0 Å². The Labute approximate surface area is 120 Å². The predicted molar refractivity (Wildman–Crippen MR) is 76.4 cm³/mol. The van der Waals surface area contributed by atoms with Crippen LogP contribution in [0.4, 0.5) is 0 Å². The molecule has 0 radical (unpaired) electrons. The number of rotatable bonds is 5. The molecule has 0 atom stereocenters. The first-order valence-electron chi connectivity index (χ1n) is 6.11. The van der Waals surface area contributed by atoms with E-state index in [-0.39, 0.29) is 0 Å². The molecule has 5 heteroatoms. The van der Waals surface area contributed by atoms with E-state index in [0.717, 1.165) is 34.4 Å². The fourth-order valence-corrected chi connectivity index (χ4v) is 2.69. The van der Waals surface area contributed by atoms with Crippen LogP contribution in [0.3, 0.4) is 0 Å². The van der Waals surface area contributed by atoms with Crippen LogP contribution in [0.5, 0.6) is 5.75 Å². The van der Waals surface area contributed by atoms with Crippen molar-refractivity contribution in [2.75, 3.05) is 13.2 Å². The second kappa shape index (κ2) is 6.21. The van der Waals surface area contributed by atoms with Crippen molar-refractivity contribution in [1.29, 1.82) is 0 Å². The van der Waals surface area contributed by atoms with Crippen molar-refractivity contribution in [3.63, 3.8) is 0 Å². The van der Waals surface area contributed by atoms with Crippen LogP contribution in [0.2, 0.25) is 0 Å². The van der Waals surface area contributed by atoms with Crippen LogP contribution in [-0.4, -0.2) is 24.2 Å². The summed E-state index contributed by atoms with van der Waals surface area (Å²) in [6.45, 7) is 3.74. The molecule has 1 aliphatic rings. The van der Waals surface area contributed by atoms with Crippen molar-refractivity contribution in [3.8, 4) is 5.75 Å². The Morgan fingerprint density at radius 2 is 2.37 bits per heavy atom. The third-order valence-corrected chi connectivity index (χ3v) is 3.37. The van der Waals surface area contributed by atoms with Crippen molar-refractivity contribution < 1.29 is 14.6 Å². The van der Waals surface area contributed by atoms with Gasteiger partial charge in [-0.1, -0.05) is 21.5 Å². The summed E-state index contributed by atoms with van der Waals surface area (Å²) in [5.74, 6) is 0.0570. The summed E-state index contributed by atoms with van der Waals surface area (Å²) in [5, 5.41) is 11.9. The first-order valence-corrected chi connectivity index (χ1v) is 6.90. The minimum absolute atomic E-state index is 0.549. The van der Waals surface area contributed by atoms with Crippen LogP contribution in [0.15, 0.2) is 28.3 Å². The van der Waals surface area contributed by atoms with Crippen LogP contribution in [-0.2, 0) is 17.8 Å². The Morgan fingerprint density at radius 1 is 1.58 bits per heavy atom. The summed E-state index contributed by atoms with van der Waals surface area (Å²) in [7, 11) is 0. The third kappa shape index (κ3) is 3.81. The molecule has 0 saturated carbocycles. The van der Waals surface area contributed by atoms with Crippen LogP contribution in [0, 0.1) is 0 Å². The lowest BCUT2D eigenvalue weighted by Gasteiger charge is -2.10. The maximum Gasteiger partial charge on any atom is 0.328 e. The van der Waals surface area contributed by atoms with E-state index < -0.39 is 5.97 Å². The first kappa shape index (κ1) is 14.1. The molecule has 0 unspecified atom stereocenters. The Kier molecular flexibility index (Phi) is 4.61. The molecule has 2 N–H and O–H groups in total. The van der Waals surface area contributed by atoms with Gasteiger partial charge in [0.25, 0.3) is 0 Å². The quantitative estimate of drug-likeness (QED) is 0.817. The number of hydrogen-bond acceptors (Lipinski definition) is 3. The number of benzene rings is 1. The standard InChI is InChI=1S/C14H16BrNO3/c1-9(4-13(17)18)7-16-8-11-6-12(15)5-10-2-3-19-14(10)11/h4-6,16H,2-3,7-8H2,1H3,(H,17,18)/b9-4-. The van der Waals surface area contributed by atoms with Crippen molar-refractivity contribution >= 4 is 21.9 Å². The average Bonchev–Trinajstić information content (AvgIpc) is 2.75. The zero-order valence-electron chi connectivity index (χ0n) is 10.7. The molecule has 1 aromatic rings. The van der Waals surface area contributed by atoms with Crippen molar-refractivity contribution in [3.05, 3.63) is 39.4 Å². The van der Waals surface area contributed by atoms with Crippen molar-refractivity contribution in [1.82, 2.24) is 5.32 Å². The Balaban J connectivity index is 1.99. The van der Waals surface area contributed by atoms with Gasteiger partial charge in [-0.3, -0.25) is 0 Å². The lowest BCUT2D eigenvalue weighted by Crippen LogP contribution is -2.16. The second-order valence-corrected chi connectivity index (χ2v) is 5.50. The van der Waals surface area contributed by atoms with Crippen molar-refractivity contribution in [2.45, 2.75) is 19.9 Å². The molecular formula is C14H16BrNO3. The monoisotopic (exact) mass is 325 g/mol. The van der Waals surface area contributed by atoms with E-state index in [2.05, 4.69) is 27.3 Å². The summed E-state index contributed by atoms with van der Waals surface area (Å²) in [6, 6.07) is 4.12. The third-order valence-electron chi connectivity index (χ3n) is 2.91.